The van der Waals surface area contributed by atoms with Crippen LogP contribution in [-0.2, 0) is 0 Å². The molecule has 0 amide bonds. The van der Waals surface area contributed by atoms with Crippen LogP contribution in [0.25, 0.3) is 0 Å². The fourth-order valence-corrected chi connectivity index (χ4v) is 1.41. The molecule has 0 radical (unpaired) electrons. The van der Waals surface area contributed by atoms with Crippen molar-refractivity contribution >= 4 is 0 Å². The smallest absolute Gasteiger partial charge is 0.133 e. The first-order valence-corrected chi connectivity index (χ1v) is 4.87. The Hall–Kier alpha value is -1.03. The van der Waals surface area contributed by atoms with E-state index in [9.17, 15) is 13.2 Å². The van der Waals surface area contributed by atoms with Gasteiger partial charge in [0.05, 0.1) is 0 Å². The van der Waals surface area contributed by atoms with Crippen LogP contribution in [0, 0.1) is 23.4 Å². The van der Waals surface area contributed by atoms with E-state index in [0.29, 0.717) is 18.6 Å². The van der Waals surface area contributed by atoms with Crippen molar-refractivity contribution in [1.82, 2.24) is 0 Å². The van der Waals surface area contributed by atoms with E-state index < -0.39 is 23.5 Å². The Labute approximate surface area is 87.1 Å². The zero-order valence-corrected chi connectivity index (χ0v) is 8.73. The van der Waals surface area contributed by atoms with Crippen molar-refractivity contribution in [2.45, 2.75) is 26.3 Å². The monoisotopic (exact) mass is 217 g/mol. The topological polar surface area (TPSA) is 26.0 Å². The van der Waals surface area contributed by atoms with E-state index in [2.05, 4.69) is 0 Å². The van der Waals surface area contributed by atoms with Gasteiger partial charge in [-0.2, -0.15) is 0 Å². The maximum absolute atomic E-state index is 13.3. The third-order valence-electron chi connectivity index (χ3n) is 2.63. The largest absolute Gasteiger partial charge is 0.324 e. The molecule has 0 saturated heterocycles. The minimum absolute atomic E-state index is 0.0561. The Kier molecular flexibility index (Phi) is 3.74. The number of hydrogen-bond donors (Lipinski definition) is 1. The summed E-state index contributed by atoms with van der Waals surface area (Å²) >= 11 is 0. The average Bonchev–Trinajstić information content (AvgIpc) is 2.14. The second kappa shape index (κ2) is 4.66. The molecule has 1 unspecified atom stereocenters. The minimum Gasteiger partial charge on any atom is -0.324 e. The van der Waals surface area contributed by atoms with Gasteiger partial charge in [-0.15, -0.1) is 0 Å². The van der Waals surface area contributed by atoms with E-state index >= 15 is 0 Å². The highest BCUT2D eigenvalue weighted by Gasteiger charge is 2.21. The van der Waals surface area contributed by atoms with Gasteiger partial charge in [-0.05, 0) is 5.92 Å². The molecule has 0 spiro atoms. The van der Waals surface area contributed by atoms with Crippen LogP contribution < -0.4 is 5.73 Å². The summed E-state index contributed by atoms with van der Waals surface area (Å²) in [5.41, 5.74) is 5.47. The first-order chi connectivity index (χ1) is 6.97. The summed E-state index contributed by atoms with van der Waals surface area (Å²) in [6.45, 7) is 3.68. The highest BCUT2D eigenvalue weighted by atomic mass is 19.1. The van der Waals surface area contributed by atoms with E-state index in [-0.39, 0.29) is 11.5 Å². The molecule has 0 aliphatic carbocycles. The van der Waals surface area contributed by atoms with Gasteiger partial charge in [0.15, 0.2) is 0 Å². The molecular weight excluding hydrogens is 203 g/mol. The summed E-state index contributed by atoms with van der Waals surface area (Å²) < 4.78 is 39.2. The van der Waals surface area contributed by atoms with Gasteiger partial charge < -0.3 is 5.73 Å². The molecule has 0 fully saturated rings. The molecule has 4 heteroatoms. The van der Waals surface area contributed by atoms with Gasteiger partial charge in [0.2, 0.25) is 0 Å². The maximum Gasteiger partial charge on any atom is 0.133 e. The molecule has 1 aromatic carbocycles. The first-order valence-electron chi connectivity index (χ1n) is 4.87. The van der Waals surface area contributed by atoms with Crippen LogP contribution in [0.2, 0.25) is 0 Å². The van der Waals surface area contributed by atoms with Crippen LogP contribution >= 0.6 is 0 Å². The molecule has 1 aromatic rings. The van der Waals surface area contributed by atoms with Gasteiger partial charge in [-0.1, -0.05) is 20.3 Å². The summed E-state index contributed by atoms with van der Waals surface area (Å²) in [5.74, 6) is -2.81. The minimum atomic E-state index is -0.926. The van der Waals surface area contributed by atoms with E-state index in [0.717, 1.165) is 0 Å². The molecule has 1 rings (SSSR count). The molecule has 0 bridgehead atoms. The molecule has 0 aromatic heterocycles. The van der Waals surface area contributed by atoms with Crippen LogP contribution in [0.5, 0.6) is 0 Å². The first kappa shape index (κ1) is 12.0. The second-order valence-electron chi connectivity index (χ2n) is 3.69. The zero-order valence-electron chi connectivity index (χ0n) is 8.73. The summed E-state index contributed by atoms with van der Waals surface area (Å²) in [6, 6.07) is 0.567. The van der Waals surface area contributed by atoms with Gasteiger partial charge in [0, 0.05) is 23.7 Å². The van der Waals surface area contributed by atoms with Crippen molar-refractivity contribution in [2.24, 2.45) is 11.7 Å². The Morgan fingerprint density at radius 2 is 1.67 bits per heavy atom. The molecule has 0 aliphatic rings. The Balaban J connectivity index is 3.13. The van der Waals surface area contributed by atoms with E-state index in [1.807, 2.05) is 6.92 Å². The number of nitrogens with two attached hydrogens (primary N) is 1. The van der Waals surface area contributed by atoms with Gasteiger partial charge >= 0.3 is 0 Å². The van der Waals surface area contributed by atoms with Crippen molar-refractivity contribution in [3.63, 3.8) is 0 Å². The SMILES string of the molecule is CCC(C)[C@@H](N)c1c(F)cc(F)cc1F. The fraction of sp³-hybridized carbons (Fsp3) is 0.455. The average molecular weight is 217 g/mol. The molecule has 84 valence electrons. The molecule has 0 heterocycles. The van der Waals surface area contributed by atoms with E-state index in [1.165, 1.54) is 0 Å². The van der Waals surface area contributed by atoms with Crippen LogP contribution in [0.3, 0.4) is 0 Å². The van der Waals surface area contributed by atoms with Gasteiger partial charge in [0.25, 0.3) is 0 Å². The lowest BCUT2D eigenvalue weighted by molar-refractivity contribution is 0.415. The second-order valence-corrected chi connectivity index (χ2v) is 3.69. The lowest BCUT2D eigenvalue weighted by atomic mass is 9.92. The molecular formula is C11H14F3N. The number of hydrogen-bond acceptors (Lipinski definition) is 1. The summed E-state index contributed by atoms with van der Waals surface area (Å²) in [7, 11) is 0. The Bertz CT molecular complexity index is 329. The van der Waals surface area contributed by atoms with Gasteiger partial charge in [-0.3, -0.25) is 0 Å². The van der Waals surface area contributed by atoms with Crippen LogP contribution in [0.1, 0.15) is 31.9 Å². The van der Waals surface area contributed by atoms with E-state index in [4.69, 9.17) is 5.73 Å². The van der Waals surface area contributed by atoms with Crippen molar-refractivity contribution in [2.75, 3.05) is 0 Å². The van der Waals surface area contributed by atoms with Crippen molar-refractivity contribution in [1.29, 1.82) is 0 Å². The fourth-order valence-electron chi connectivity index (χ4n) is 1.41. The van der Waals surface area contributed by atoms with Crippen LogP contribution in [-0.4, -0.2) is 0 Å². The summed E-state index contributed by atoms with van der Waals surface area (Å²) in [5, 5.41) is 0. The maximum atomic E-state index is 13.3. The third kappa shape index (κ3) is 2.50. The van der Waals surface area contributed by atoms with Gasteiger partial charge in [0.1, 0.15) is 17.5 Å². The van der Waals surface area contributed by atoms with Crippen LogP contribution in [0.15, 0.2) is 12.1 Å². The standard InChI is InChI=1S/C11H14F3N/c1-3-6(2)11(15)10-8(13)4-7(12)5-9(10)14/h4-6,11H,3,15H2,1-2H3/t6?,11-/m1/s1. The van der Waals surface area contributed by atoms with Crippen LogP contribution in [0.4, 0.5) is 13.2 Å². The normalized spacial score (nSPS) is 15.1. The van der Waals surface area contributed by atoms with Crippen molar-refractivity contribution in [3.05, 3.63) is 35.1 Å². The predicted octanol–water partition coefficient (Wildman–Crippen LogP) is 3.15. The van der Waals surface area contributed by atoms with E-state index in [1.54, 1.807) is 6.92 Å². The summed E-state index contributed by atoms with van der Waals surface area (Å²) in [4.78, 5) is 0. The van der Waals surface area contributed by atoms with Gasteiger partial charge in [-0.25, -0.2) is 13.2 Å². The highest BCUT2D eigenvalue weighted by Crippen LogP contribution is 2.27. The lowest BCUT2D eigenvalue weighted by Crippen LogP contribution is -2.21. The molecule has 0 saturated carbocycles. The number of rotatable bonds is 3. The number of benzene rings is 1. The third-order valence-corrected chi connectivity index (χ3v) is 2.63. The highest BCUT2D eigenvalue weighted by molar-refractivity contribution is 5.24. The van der Waals surface area contributed by atoms with Crippen molar-refractivity contribution in [3.8, 4) is 0 Å². The van der Waals surface area contributed by atoms with Crippen molar-refractivity contribution < 1.29 is 13.2 Å². The molecule has 1 nitrogen and oxygen atoms in total. The summed E-state index contributed by atoms with van der Waals surface area (Å²) in [6.07, 6.45) is 0.706. The molecule has 15 heavy (non-hydrogen) atoms. The molecule has 0 aliphatic heterocycles. The molecule has 2 N–H and O–H groups in total. The lowest BCUT2D eigenvalue weighted by Gasteiger charge is -2.19. The molecule has 2 atom stereocenters. The Morgan fingerprint density at radius 1 is 1.20 bits per heavy atom. The number of halogens is 3. The Morgan fingerprint density at radius 3 is 2.07 bits per heavy atom. The quantitative estimate of drug-likeness (QED) is 0.826. The predicted molar refractivity (Wildman–Crippen MR) is 52.7 cm³/mol. The zero-order chi connectivity index (χ0) is 11.6.